The zero-order valence-corrected chi connectivity index (χ0v) is 23.1. The molecule has 38 heavy (non-hydrogen) atoms. The van der Waals surface area contributed by atoms with Gasteiger partial charge in [0.15, 0.2) is 11.6 Å². The largest absolute Gasteiger partial charge is 0.374 e. The van der Waals surface area contributed by atoms with Crippen molar-refractivity contribution in [3.8, 4) is 0 Å². The number of carbonyl (C=O) groups excluding carboxylic acids is 3. The van der Waals surface area contributed by atoms with Gasteiger partial charge in [-0.1, -0.05) is 0 Å². The molecule has 1 amide bonds. The Labute approximate surface area is 226 Å². The quantitative estimate of drug-likeness (QED) is 0.250. The van der Waals surface area contributed by atoms with Gasteiger partial charge < -0.3 is 20.9 Å². The van der Waals surface area contributed by atoms with E-state index in [1.165, 1.54) is 0 Å². The molecule has 2 aromatic rings. The number of pyridine rings is 2. The summed E-state index contributed by atoms with van der Waals surface area (Å²) in [5, 5.41) is 6.15. The van der Waals surface area contributed by atoms with E-state index in [1.54, 1.807) is 38.6 Å². The Bertz CT molecular complexity index is 988. The number of nitrogens with zero attached hydrogens (tertiary/aromatic N) is 4. The van der Waals surface area contributed by atoms with Crippen LogP contribution < -0.4 is 26.2 Å². The highest BCUT2D eigenvalue weighted by molar-refractivity contribution is 5.90. The lowest BCUT2D eigenvalue weighted by atomic mass is 9.99. The maximum atomic E-state index is 12.8. The predicted molar refractivity (Wildman–Crippen MR) is 151 cm³/mol. The third-order valence-electron chi connectivity index (χ3n) is 6.54. The summed E-state index contributed by atoms with van der Waals surface area (Å²) < 4.78 is 0. The van der Waals surface area contributed by atoms with Gasteiger partial charge in [-0.15, -0.1) is 0 Å². The predicted octanol–water partition coefficient (Wildman–Crippen LogP) is 1.95. The van der Waals surface area contributed by atoms with Crippen molar-refractivity contribution >= 4 is 28.8 Å². The molecular weight excluding hydrogens is 482 g/mol. The lowest BCUT2D eigenvalue weighted by Gasteiger charge is -2.24. The molecule has 0 aromatic carbocycles. The van der Waals surface area contributed by atoms with Crippen molar-refractivity contribution in [3.05, 3.63) is 49.1 Å². The van der Waals surface area contributed by atoms with Crippen LogP contribution >= 0.6 is 0 Å². The van der Waals surface area contributed by atoms with Crippen molar-refractivity contribution in [2.75, 3.05) is 43.5 Å². The smallest absolute Gasteiger partial charge is 0.221 e. The fourth-order valence-corrected chi connectivity index (χ4v) is 4.03. The topological polar surface area (TPSA) is 134 Å². The van der Waals surface area contributed by atoms with Gasteiger partial charge in [0.1, 0.15) is 0 Å². The number of carbonyl (C=O) groups is 3. The standard InChI is InChI=1S/C28H43N7O3/c1-21(29)28(38)25(33-22(2)26(36)12-19-34(3)23-8-15-30-16-9-23)7-5-6-14-32-27(37)13-20-35(4)24-10-17-31-18-11-24/h8-11,15-18,21-22,25,33H,5-7,12-14,19-20,29H2,1-4H3,(H,32,37). The van der Waals surface area contributed by atoms with Crippen molar-refractivity contribution in [2.24, 2.45) is 5.73 Å². The molecule has 0 saturated carbocycles. The monoisotopic (exact) mass is 525 g/mol. The van der Waals surface area contributed by atoms with Crippen LogP contribution in [-0.2, 0) is 14.4 Å². The molecule has 0 spiro atoms. The van der Waals surface area contributed by atoms with Crippen LogP contribution in [0.4, 0.5) is 11.4 Å². The number of amides is 1. The first-order chi connectivity index (χ1) is 18.2. The summed E-state index contributed by atoms with van der Waals surface area (Å²) in [4.78, 5) is 49.7. The highest BCUT2D eigenvalue weighted by atomic mass is 16.2. The molecule has 10 heteroatoms. The van der Waals surface area contributed by atoms with Crippen LogP contribution in [0.25, 0.3) is 0 Å². The number of ketones is 2. The van der Waals surface area contributed by atoms with Gasteiger partial charge in [-0.05, 0) is 57.4 Å². The van der Waals surface area contributed by atoms with Crippen LogP contribution in [0.3, 0.4) is 0 Å². The first kappa shape index (κ1) is 30.9. The molecule has 208 valence electrons. The van der Waals surface area contributed by atoms with Crippen molar-refractivity contribution in [1.82, 2.24) is 20.6 Å². The summed E-state index contributed by atoms with van der Waals surface area (Å²) >= 11 is 0. The first-order valence-corrected chi connectivity index (χ1v) is 13.3. The van der Waals surface area contributed by atoms with E-state index in [2.05, 4.69) is 20.6 Å². The number of Topliss-reactive ketones (excluding diaryl/α,β-unsaturated/α-hetero) is 2. The maximum absolute atomic E-state index is 12.8. The van der Waals surface area contributed by atoms with Crippen LogP contribution in [-0.4, -0.2) is 79.3 Å². The number of nitrogens with two attached hydrogens (primary N) is 1. The molecule has 2 heterocycles. The van der Waals surface area contributed by atoms with Crippen molar-refractivity contribution < 1.29 is 14.4 Å². The van der Waals surface area contributed by atoms with Gasteiger partial charge in [0.2, 0.25) is 5.91 Å². The molecule has 10 nitrogen and oxygen atoms in total. The molecule has 3 atom stereocenters. The fourth-order valence-electron chi connectivity index (χ4n) is 4.03. The highest BCUT2D eigenvalue weighted by Crippen LogP contribution is 2.12. The summed E-state index contributed by atoms with van der Waals surface area (Å²) in [7, 11) is 3.87. The Balaban J connectivity index is 1.71. The Hall–Kier alpha value is -3.37. The van der Waals surface area contributed by atoms with Crippen LogP contribution in [0.15, 0.2) is 49.1 Å². The zero-order valence-electron chi connectivity index (χ0n) is 23.1. The van der Waals surface area contributed by atoms with Gasteiger partial charge >= 0.3 is 0 Å². The van der Waals surface area contributed by atoms with E-state index >= 15 is 0 Å². The van der Waals surface area contributed by atoms with Gasteiger partial charge in [-0.25, -0.2) is 0 Å². The van der Waals surface area contributed by atoms with Gasteiger partial charge in [-0.3, -0.25) is 29.7 Å². The maximum Gasteiger partial charge on any atom is 0.221 e. The van der Waals surface area contributed by atoms with Crippen LogP contribution in [0.1, 0.15) is 46.0 Å². The highest BCUT2D eigenvalue weighted by Gasteiger charge is 2.25. The van der Waals surface area contributed by atoms with E-state index in [9.17, 15) is 14.4 Å². The summed E-state index contributed by atoms with van der Waals surface area (Å²) in [5.74, 6) is -0.0812. The van der Waals surface area contributed by atoms with Gasteiger partial charge in [-0.2, -0.15) is 0 Å². The molecule has 0 saturated heterocycles. The molecule has 0 bridgehead atoms. The van der Waals surface area contributed by atoms with E-state index in [4.69, 9.17) is 5.73 Å². The summed E-state index contributed by atoms with van der Waals surface area (Å²) in [6.07, 6.45) is 9.64. The van der Waals surface area contributed by atoms with E-state index in [0.29, 0.717) is 38.9 Å². The lowest BCUT2D eigenvalue weighted by molar-refractivity contribution is -0.124. The third kappa shape index (κ3) is 10.9. The van der Waals surface area contributed by atoms with Crippen molar-refractivity contribution in [3.63, 3.8) is 0 Å². The third-order valence-corrected chi connectivity index (χ3v) is 6.54. The average Bonchev–Trinajstić information content (AvgIpc) is 2.93. The van der Waals surface area contributed by atoms with Crippen LogP contribution in [0.5, 0.6) is 0 Å². The van der Waals surface area contributed by atoms with Gasteiger partial charge in [0.05, 0.1) is 18.1 Å². The van der Waals surface area contributed by atoms with E-state index < -0.39 is 18.1 Å². The molecule has 0 radical (unpaired) electrons. The number of anilines is 2. The number of hydrogen-bond acceptors (Lipinski definition) is 9. The Kier molecular flexibility index (Phi) is 13.4. The second kappa shape index (κ2) is 16.5. The Morgan fingerprint density at radius 1 is 0.868 bits per heavy atom. The number of aromatic nitrogens is 2. The normalized spacial score (nSPS) is 13.3. The average molecular weight is 526 g/mol. The molecular formula is C28H43N7O3. The lowest BCUT2D eigenvalue weighted by Crippen LogP contribution is -2.50. The van der Waals surface area contributed by atoms with Gasteiger partial charge in [0.25, 0.3) is 0 Å². The zero-order chi connectivity index (χ0) is 27.9. The first-order valence-electron chi connectivity index (χ1n) is 13.3. The van der Waals surface area contributed by atoms with Crippen LogP contribution in [0, 0.1) is 0 Å². The summed E-state index contributed by atoms with van der Waals surface area (Å²) in [5.41, 5.74) is 7.88. The van der Waals surface area contributed by atoms with E-state index in [0.717, 1.165) is 24.2 Å². The van der Waals surface area contributed by atoms with E-state index in [-0.39, 0.29) is 17.5 Å². The van der Waals surface area contributed by atoms with Crippen LogP contribution in [0.2, 0.25) is 0 Å². The molecule has 2 rings (SSSR count). The number of unbranched alkanes of at least 4 members (excludes halogenated alkanes) is 1. The summed E-state index contributed by atoms with van der Waals surface area (Å²) in [6.45, 7) is 5.16. The molecule has 0 aliphatic carbocycles. The minimum Gasteiger partial charge on any atom is -0.374 e. The minimum absolute atomic E-state index is 0.0109. The Morgan fingerprint density at radius 2 is 1.39 bits per heavy atom. The second-order valence-corrected chi connectivity index (χ2v) is 9.70. The van der Waals surface area contributed by atoms with Gasteiger partial charge in [0, 0.05) is 82.7 Å². The number of nitrogens with one attached hydrogen (secondary N) is 2. The van der Waals surface area contributed by atoms with E-state index in [1.807, 2.05) is 48.2 Å². The second-order valence-electron chi connectivity index (χ2n) is 9.70. The SMILES string of the molecule is CC(N)C(=O)C(CCCCNC(=O)CCN(C)c1ccncc1)NC(C)C(=O)CCN(C)c1ccncc1. The number of rotatable bonds is 18. The fraction of sp³-hybridized carbons (Fsp3) is 0.536. The van der Waals surface area contributed by atoms with Crippen molar-refractivity contribution in [2.45, 2.75) is 64.1 Å². The minimum atomic E-state index is -0.621. The number of hydrogen-bond donors (Lipinski definition) is 3. The van der Waals surface area contributed by atoms with Crippen molar-refractivity contribution in [1.29, 1.82) is 0 Å². The molecule has 0 aliphatic heterocycles. The molecule has 3 unspecified atom stereocenters. The molecule has 0 aliphatic rings. The summed E-state index contributed by atoms with van der Waals surface area (Å²) in [6, 6.07) is 6.01. The molecule has 4 N–H and O–H groups in total. The molecule has 2 aromatic heterocycles. The Morgan fingerprint density at radius 3 is 1.92 bits per heavy atom. The molecule has 0 fully saturated rings.